The van der Waals surface area contributed by atoms with E-state index in [-0.39, 0.29) is 18.0 Å². The third-order valence-corrected chi connectivity index (χ3v) is 3.53. The molecule has 1 aliphatic heterocycles. The van der Waals surface area contributed by atoms with E-state index >= 15 is 0 Å². The number of carbonyl (C=O) groups excluding carboxylic acids is 1. The Morgan fingerprint density at radius 1 is 1.45 bits per heavy atom. The van der Waals surface area contributed by atoms with Gasteiger partial charge in [0.25, 0.3) is 5.69 Å². The lowest BCUT2D eigenvalue weighted by Gasteiger charge is -2.22. The molecule has 1 saturated heterocycles. The average molecular weight is 277 g/mol. The number of nitrogens with zero attached hydrogens (tertiary/aromatic N) is 1. The molecule has 1 amide bonds. The fraction of sp³-hybridized carbons (Fsp3) is 0.500. The number of piperidine rings is 1. The standard InChI is InChI=1S/C14H19N3O3/c18-14(16-10-11-4-3-7-15-9-11)8-12-5-1-2-6-13(12)17(19)20/h1-2,5-6,11,15H,3-4,7-10H2,(H,16,18). The molecular formula is C14H19N3O3. The number of hydrogen-bond donors (Lipinski definition) is 2. The second-order valence-corrected chi connectivity index (χ2v) is 5.08. The van der Waals surface area contributed by atoms with Crippen molar-refractivity contribution in [1.29, 1.82) is 0 Å². The van der Waals surface area contributed by atoms with Crippen LogP contribution in [-0.4, -0.2) is 30.5 Å². The summed E-state index contributed by atoms with van der Waals surface area (Å²) in [6.45, 7) is 2.60. The van der Waals surface area contributed by atoms with Crippen molar-refractivity contribution < 1.29 is 9.72 Å². The molecule has 1 atom stereocenters. The molecule has 0 spiro atoms. The predicted molar refractivity (Wildman–Crippen MR) is 75.4 cm³/mol. The highest BCUT2D eigenvalue weighted by molar-refractivity contribution is 5.79. The maximum absolute atomic E-state index is 11.9. The first-order chi connectivity index (χ1) is 9.66. The first-order valence-electron chi connectivity index (χ1n) is 6.86. The topological polar surface area (TPSA) is 84.3 Å². The van der Waals surface area contributed by atoms with E-state index in [1.807, 2.05) is 0 Å². The van der Waals surface area contributed by atoms with Crippen molar-refractivity contribution in [3.63, 3.8) is 0 Å². The van der Waals surface area contributed by atoms with E-state index in [0.29, 0.717) is 18.0 Å². The van der Waals surface area contributed by atoms with Crippen LogP contribution < -0.4 is 10.6 Å². The molecule has 0 bridgehead atoms. The Bertz CT molecular complexity index is 484. The maximum Gasteiger partial charge on any atom is 0.273 e. The summed E-state index contributed by atoms with van der Waals surface area (Å²) in [5.41, 5.74) is 0.457. The number of nitrogens with one attached hydrogen (secondary N) is 2. The summed E-state index contributed by atoms with van der Waals surface area (Å²) < 4.78 is 0. The van der Waals surface area contributed by atoms with Gasteiger partial charge in [-0.1, -0.05) is 18.2 Å². The Morgan fingerprint density at radius 3 is 2.95 bits per heavy atom. The normalized spacial score (nSPS) is 18.5. The first-order valence-corrected chi connectivity index (χ1v) is 6.86. The lowest BCUT2D eigenvalue weighted by Crippen LogP contribution is -2.38. The lowest BCUT2D eigenvalue weighted by molar-refractivity contribution is -0.385. The highest BCUT2D eigenvalue weighted by atomic mass is 16.6. The summed E-state index contributed by atoms with van der Waals surface area (Å²) in [6, 6.07) is 6.36. The van der Waals surface area contributed by atoms with Crippen LogP contribution in [-0.2, 0) is 11.2 Å². The molecule has 0 saturated carbocycles. The molecular weight excluding hydrogens is 258 g/mol. The molecule has 20 heavy (non-hydrogen) atoms. The molecule has 2 rings (SSSR count). The van der Waals surface area contributed by atoms with Crippen molar-refractivity contribution >= 4 is 11.6 Å². The fourth-order valence-electron chi connectivity index (χ4n) is 2.43. The minimum absolute atomic E-state index is 0.00184. The number of hydrogen-bond acceptors (Lipinski definition) is 4. The van der Waals surface area contributed by atoms with Crippen LogP contribution in [0.3, 0.4) is 0 Å². The number of para-hydroxylation sites is 1. The summed E-state index contributed by atoms with van der Waals surface area (Å²) in [4.78, 5) is 22.3. The van der Waals surface area contributed by atoms with Crippen molar-refractivity contribution in [2.45, 2.75) is 19.3 Å². The molecule has 2 N–H and O–H groups in total. The van der Waals surface area contributed by atoms with Gasteiger partial charge < -0.3 is 10.6 Å². The Kier molecular flexibility index (Phi) is 5.06. The quantitative estimate of drug-likeness (QED) is 0.626. The molecule has 0 aromatic heterocycles. The van der Waals surface area contributed by atoms with E-state index in [1.54, 1.807) is 18.2 Å². The molecule has 108 valence electrons. The minimum Gasteiger partial charge on any atom is -0.355 e. The van der Waals surface area contributed by atoms with Crippen molar-refractivity contribution in [2.75, 3.05) is 19.6 Å². The van der Waals surface area contributed by atoms with Gasteiger partial charge in [-0.15, -0.1) is 0 Å². The molecule has 1 aliphatic rings. The second-order valence-electron chi connectivity index (χ2n) is 5.08. The molecule has 1 fully saturated rings. The zero-order chi connectivity index (χ0) is 14.4. The molecule has 1 aromatic rings. The van der Waals surface area contributed by atoms with Crippen LogP contribution in [0.2, 0.25) is 0 Å². The molecule has 0 radical (unpaired) electrons. The highest BCUT2D eigenvalue weighted by Crippen LogP contribution is 2.18. The van der Waals surface area contributed by atoms with Crippen molar-refractivity contribution in [1.82, 2.24) is 10.6 Å². The molecule has 1 aromatic carbocycles. The monoisotopic (exact) mass is 277 g/mol. The number of carbonyl (C=O) groups is 1. The number of nitro benzene ring substituents is 1. The van der Waals surface area contributed by atoms with Gasteiger partial charge in [-0.25, -0.2) is 0 Å². The van der Waals surface area contributed by atoms with Gasteiger partial charge in [0.2, 0.25) is 5.91 Å². The largest absolute Gasteiger partial charge is 0.355 e. The Labute approximate surface area is 117 Å². The second kappa shape index (κ2) is 7.00. The SMILES string of the molecule is O=C(Cc1ccccc1[N+](=O)[O-])NCC1CCCNC1. The van der Waals surface area contributed by atoms with Gasteiger partial charge in [0, 0.05) is 18.2 Å². The van der Waals surface area contributed by atoms with Gasteiger partial charge in [-0.3, -0.25) is 14.9 Å². The summed E-state index contributed by atoms with van der Waals surface area (Å²) in [5, 5.41) is 17.0. The van der Waals surface area contributed by atoms with E-state index in [1.165, 1.54) is 6.07 Å². The van der Waals surface area contributed by atoms with E-state index in [4.69, 9.17) is 0 Å². The van der Waals surface area contributed by atoms with Crippen LogP contribution >= 0.6 is 0 Å². The van der Waals surface area contributed by atoms with Gasteiger partial charge >= 0.3 is 0 Å². The van der Waals surface area contributed by atoms with Gasteiger partial charge in [-0.05, 0) is 31.8 Å². The minimum atomic E-state index is -0.451. The Morgan fingerprint density at radius 2 is 2.25 bits per heavy atom. The summed E-state index contributed by atoms with van der Waals surface area (Å²) in [6.07, 6.45) is 2.29. The predicted octanol–water partition coefficient (Wildman–Crippen LogP) is 1.25. The molecule has 0 aliphatic carbocycles. The number of amides is 1. The summed E-state index contributed by atoms with van der Waals surface area (Å²) in [5.74, 6) is 0.295. The van der Waals surface area contributed by atoms with Crippen LogP contribution in [0, 0.1) is 16.0 Å². The summed E-state index contributed by atoms with van der Waals surface area (Å²) in [7, 11) is 0. The zero-order valence-corrected chi connectivity index (χ0v) is 11.3. The van der Waals surface area contributed by atoms with Gasteiger partial charge in [-0.2, -0.15) is 0 Å². The van der Waals surface area contributed by atoms with E-state index in [0.717, 1.165) is 25.9 Å². The Hall–Kier alpha value is -1.95. The smallest absolute Gasteiger partial charge is 0.273 e. The van der Waals surface area contributed by atoms with E-state index < -0.39 is 4.92 Å². The van der Waals surface area contributed by atoms with Gasteiger partial charge in [0.15, 0.2) is 0 Å². The third-order valence-electron chi connectivity index (χ3n) is 3.53. The van der Waals surface area contributed by atoms with E-state index in [9.17, 15) is 14.9 Å². The number of nitro groups is 1. The summed E-state index contributed by atoms with van der Waals surface area (Å²) >= 11 is 0. The first kappa shape index (κ1) is 14.5. The number of benzene rings is 1. The van der Waals surface area contributed by atoms with Crippen molar-refractivity contribution in [2.24, 2.45) is 5.92 Å². The van der Waals surface area contributed by atoms with Crippen molar-refractivity contribution in [3.05, 3.63) is 39.9 Å². The van der Waals surface area contributed by atoms with Crippen LogP contribution in [0.1, 0.15) is 18.4 Å². The fourth-order valence-corrected chi connectivity index (χ4v) is 2.43. The average Bonchev–Trinajstić information content (AvgIpc) is 2.46. The molecule has 6 nitrogen and oxygen atoms in total. The van der Waals surface area contributed by atoms with Gasteiger partial charge in [0.05, 0.1) is 11.3 Å². The molecule has 1 heterocycles. The molecule has 6 heteroatoms. The van der Waals surface area contributed by atoms with Crippen molar-refractivity contribution in [3.8, 4) is 0 Å². The third kappa shape index (κ3) is 4.03. The Balaban J connectivity index is 1.86. The van der Waals surface area contributed by atoms with Crippen LogP contribution in [0.5, 0.6) is 0 Å². The molecule has 1 unspecified atom stereocenters. The zero-order valence-electron chi connectivity index (χ0n) is 11.3. The van der Waals surface area contributed by atoms with Gasteiger partial charge in [0.1, 0.15) is 0 Å². The maximum atomic E-state index is 11.9. The van der Waals surface area contributed by atoms with Crippen LogP contribution in [0.25, 0.3) is 0 Å². The van der Waals surface area contributed by atoms with E-state index in [2.05, 4.69) is 10.6 Å². The lowest BCUT2D eigenvalue weighted by atomic mass is 9.99. The van der Waals surface area contributed by atoms with Crippen LogP contribution in [0.4, 0.5) is 5.69 Å². The van der Waals surface area contributed by atoms with Crippen LogP contribution in [0.15, 0.2) is 24.3 Å². The highest BCUT2D eigenvalue weighted by Gasteiger charge is 2.17. The number of rotatable bonds is 5.